The van der Waals surface area contributed by atoms with Gasteiger partial charge in [-0.25, -0.2) is 9.78 Å². The molecule has 0 saturated carbocycles. The SMILES string of the molecule is CCCOc1ccc(CCOC(c2ccccc2)(c2ccccc2)C(Oc2nc(C)cc(OC)n2)C(=O)O)cc1. The Balaban J connectivity index is 1.74. The molecule has 0 saturated heterocycles. The quantitative estimate of drug-likeness (QED) is 0.219. The second-order valence-electron chi connectivity index (χ2n) is 9.23. The fourth-order valence-electron chi connectivity index (χ4n) is 4.47. The molecule has 0 spiro atoms. The number of ether oxygens (including phenoxy) is 4. The van der Waals surface area contributed by atoms with Crippen LogP contribution >= 0.6 is 0 Å². The summed E-state index contributed by atoms with van der Waals surface area (Å²) in [6.07, 6.45) is -0.0610. The molecular weight excluding hydrogens is 508 g/mol. The average molecular weight is 543 g/mol. The van der Waals surface area contributed by atoms with Gasteiger partial charge >= 0.3 is 12.0 Å². The minimum absolute atomic E-state index is 0.119. The Kier molecular flexibility index (Phi) is 9.70. The van der Waals surface area contributed by atoms with Crippen LogP contribution in [0.25, 0.3) is 0 Å². The zero-order valence-electron chi connectivity index (χ0n) is 22.9. The number of aromatic nitrogens is 2. The Hall–Kier alpha value is -4.43. The predicted molar refractivity (Wildman–Crippen MR) is 151 cm³/mol. The Bertz CT molecular complexity index is 1320. The number of aryl methyl sites for hydroxylation is 1. The summed E-state index contributed by atoms with van der Waals surface area (Å²) in [6, 6.07) is 27.8. The van der Waals surface area contributed by atoms with Gasteiger partial charge in [-0.15, -0.1) is 0 Å². The molecule has 1 heterocycles. The second-order valence-corrected chi connectivity index (χ2v) is 9.23. The third kappa shape index (κ3) is 6.76. The van der Waals surface area contributed by atoms with Gasteiger partial charge in [0.2, 0.25) is 12.0 Å². The highest BCUT2D eigenvalue weighted by Gasteiger charge is 2.50. The highest BCUT2D eigenvalue weighted by Crippen LogP contribution is 2.39. The first-order valence-electron chi connectivity index (χ1n) is 13.2. The molecule has 0 aliphatic rings. The second kappa shape index (κ2) is 13.6. The molecule has 208 valence electrons. The van der Waals surface area contributed by atoms with Gasteiger partial charge in [-0.3, -0.25) is 0 Å². The number of rotatable bonds is 14. The number of hydrogen-bond donors (Lipinski definition) is 1. The van der Waals surface area contributed by atoms with E-state index in [-0.39, 0.29) is 18.5 Å². The average Bonchev–Trinajstić information content (AvgIpc) is 2.98. The van der Waals surface area contributed by atoms with E-state index >= 15 is 0 Å². The van der Waals surface area contributed by atoms with Gasteiger partial charge in [0.15, 0.2) is 5.60 Å². The lowest BCUT2D eigenvalue weighted by Gasteiger charge is -2.39. The van der Waals surface area contributed by atoms with Gasteiger partial charge in [0.05, 0.1) is 20.3 Å². The van der Waals surface area contributed by atoms with Gasteiger partial charge in [0, 0.05) is 11.8 Å². The molecule has 0 fully saturated rings. The van der Waals surface area contributed by atoms with Crippen molar-refractivity contribution >= 4 is 5.97 Å². The van der Waals surface area contributed by atoms with Crippen LogP contribution in [0.2, 0.25) is 0 Å². The molecule has 1 atom stereocenters. The highest BCUT2D eigenvalue weighted by atomic mass is 16.6. The monoisotopic (exact) mass is 542 g/mol. The van der Waals surface area contributed by atoms with Gasteiger partial charge in [0.25, 0.3) is 0 Å². The highest BCUT2D eigenvalue weighted by molar-refractivity contribution is 5.76. The zero-order chi connectivity index (χ0) is 28.4. The first-order chi connectivity index (χ1) is 19.5. The lowest BCUT2D eigenvalue weighted by Crippen LogP contribution is -2.51. The summed E-state index contributed by atoms with van der Waals surface area (Å²) in [4.78, 5) is 21.6. The van der Waals surface area contributed by atoms with Crippen LogP contribution in [0.4, 0.5) is 0 Å². The number of carboxylic acid groups (broad SMARTS) is 1. The Labute approximate surface area is 234 Å². The van der Waals surface area contributed by atoms with Crippen molar-refractivity contribution in [3.05, 3.63) is 113 Å². The van der Waals surface area contributed by atoms with E-state index in [1.54, 1.807) is 13.0 Å². The van der Waals surface area contributed by atoms with E-state index in [4.69, 9.17) is 18.9 Å². The van der Waals surface area contributed by atoms with Gasteiger partial charge in [0.1, 0.15) is 5.75 Å². The molecule has 4 rings (SSSR count). The van der Waals surface area contributed by atoms with Crippen molar-refractivity contribution in [3.8, 4) is 17.6 Å². The maximum Gasteiger partial charge on any atom is 0.348 e. The molecule has 1 aromatic heterocycles. The van der Waals surface area contributed by atoms with Crippen molar-refractivity contribution in [2.45, 2.75) is 38.4 Å². The number of carboxylic acids is 1. The molecule has 1 N–H and O–H groups in total. The summed E-state index contributed by atoms with van der Waals surface area (Å²) in [7, 11) is 1.48. The van der Waals surface area contributed by atoms with Crippen LogP contribution in [-0.2, 0) is 21.6 Å². The predicted octanol–water partition coefficient (Wildman–Crippen LogP) is 5.62. The van der Waals surface area contributed by atoms with E-state index in [0.717, 1.165) is 17.7 Å². The molecule has 8 nitrogen and oxygen atoms in total. The molecule has 8 heteroatoms. The van der Waals surface area contributed by atoms with Crippen molar-refractivity contribution < 1.29 is 28.8 Å². The Morgan fingerprint density at radius 2 is 1.52 bits per heavy atom. The molecule has 0 aliphatic carbocycles. The van der Waals surface area contributed by atoms with Gasteiger partial charge in [-0.2, -0.15) is 4.98 Å². The molecule has 0 amide bonds. The minimum Gasteiger partial charge on any atom is -0.494 e. The van der Waals surface area contributed by atoms with Crippen LogP contribution < -0.4 is 14.2 Å². The van der Waals surface area contributed by atoms with Crippen LogP contribution in [0.1, 0.15) is 35.7 Å². The van der Waals surface area contributed by atoms with E-state index in [0.29, 0.717) is 29.8 Å². The van der Waals surface area contributed by atoms with Crippen LogP contribution in [0.5, 0.6) is 17.6 Å². The van der Waals surface area contributed by atoms with Crippen LogP contribution in [0.3, 0.4) is 0 Å². The molecule has 0 radical (unpaired) electrons. The van der Waals surface area contributed by atoms with Crippen molar-refractivity contribution in [3.63, 3.8) is 0 Å². The summed E-state index contributed by atoms with van der Waals surface area (Å²) in [5, 5.41) is 10.6. The fourth-order valence-corrected chi connectivity index (χ4v) is 4.47. The molecule has 4 aromatic rings. The van der Waals surface area contributed by atoms with E-state index in [1.165, 1.54) is 7.11 Å². The lowest BCUT2D eigenvalue weighted by molar-refractivity contribution is -0.164. The van der Waals surface area contributed by atoms with Gasteiger partial charge in [-0.1, -0.05) is 79.7 Å². The summed E-state index contributed by atoms with van der Waals surface area (Å²) in [5.41, 5.74) is 1.31. The Morgan fingerprint density at radius 1 is 0.900 bits per heavy atom. The topological polar surface area (TPSA) is 100 Å². The number of methoxy groups -OCH3 is 1. The summed E-state index contributed by atoms with van der Waals surface area (Å²) >= 11 is 0. The van der Waals surface area contributed by atoms with Crippen LogP contribution in [0, 0.1) is 6.92 Å². The molecule has 0 bridgehead atoms. The van der Waals surface area contributed by atoms with E-state index in [9.17, 15) is 9.90 Å². The summed E-state index contributed by atoms with van der Waals surface area (Å²) < 4.78 is 23.7. The third-order valence-electron chi connectivity index (χ3n) is 6.36. The first-order valence-corrected chi connectivity index (χ1v) is 13.2. The fraction of sp³-hybridized carbons (Fsp3) is 0.281. The van der Waals surface area contributed by atoms with Crippen molar-refractivity contribution in [2.75, 3.05) is 20.3 Å². The largest absolute Gasteiger partial charge is 0.494 e. The van der Waals surface area contributed by atoms with Gasteiger partial charge in [-0.05, 0) is 48.6 Å². The first kappa shape index (κ1) is 28.6. The van der Waals surface area contributed by atoms with Crippen LogP contribution in [-0.4, -0.2) is 47.5 Å². The van der Waals surface area contributed by atoms with Crippen LogP contribution in [0.15, 0.2) is 91.0 Å². The number of benzene rings is 3. The maximum absolute atomic E-state index is 13.0. The number of aliphatic carboxylic acids is 1. The molecular formula is C32H34N2O6. The van der Waals surface area contributed by atoms with Crippen molar-refractivity contribution in [1.29, 1.82) is 0 Å². The lowest BCUT2D eigenvalue weighted by atomic mass is 9.81. The summed E-state index contributed by atoms with van der Waals surface area (Å²) in [6.45, 7) is 4.69. The zero-order valence-corrected chi connectivity index (χ0v) is 22.9. The Morgan fingerprint density at radius 3 is 2.08 bits per heavy atom. The van der Waals surface area contributed by atoms with E-state index < -0.39 is 17.7 Å². The van der Waals surface area contributed by atoms with Gasteiger partial charge < -0.3 is 24.1 Å². The molecule has 40 heavy (non-hydrogen) atoms. The minimum atomic E-state index is -1.53. The standard InChI is InChI=1S/C32H34N2O6/c1-4-20-38-27-17-15-24(16-18-27)19-21-39-32(25-11-7-5-8-12-25,26-13-9-6-10-14-26)29(30(35)36)40-31-33-23(2)22-28(34-31)37-3/h5-18,22,29H,4,19-21H2,1-3H3,(H,35,36). The number of hydrogen-bond acceptors (Lipinski definition) is 7. The number of carbonyl (C=O) groups is 1. The maximum atomic E-state index is 13.0. The summed E-state index contributed by atoms with van der Waals surface area (Å²) in [5.74, 6) is -0.152. The molecule has 0 aliphatic heterocycles. The van der Waals surface area contributed by atoms with Crippen molar-refractivity contribution in [2.24, 2.45) is 0 Å². The normalized spacial score (nSPS) is 12.0. The third-order valence-corrected chi connectivity index (χ3v) is 6.36. The van der Waals surface area contributed by atoms with E-state index in [1.807, 2.05) is 84.9 Å². The van der Waals surface area contributed by atoms with E-state index in [2.05, 4.69) is 16.9 Å². The molecule has 3 aromatic carbocycles. The smallest absolute Gasteiger partial charge is 0.348 e. The number of nitrogens with zero attached hydrogens (tertiary/aromatic N) is 2. The molecule has 1 unspecified atom stereocenters. The van der Waals surface area contributed by atoms with Crippen molar-refractivity contribution in [1.82, 2.24) is 9.97 Å².